The van der Waals surface area contributed by atoms with Gasteiger partial charge in [-0.05, 0) is 42.8 Å². The summed E-state index contributed by atoms with van der Waals surface area (Å²) in [6.07, 6.45) is 5.02. The molecule has 1 saturated carbocycles. The molecular formula is C14H17N3S. The summed E-state index contributed by atoms with van der Waals surface area (Å²) >= 11 is 5.26. The Labute approximate surface area is 113 Å². The minimum absolute atomic E-state index is 0.537. The van der Waals surface area contributed by atoms with E-state index >= 15 is 0 Å². The van der Waals surface area contributed by atoms with E-state index in [0.29, 0.717) is 23.3 Å². The monoisotopic (exact) mass is 259 g/mol. The molecule has 0 aromatic heterocycles. The Morgan fingerprint density at radius 2 is 2.17 bits per heavy atom. The normalized spacial score (nSPS) is 15.1. The van der Waals surface area contributed by atoms with E-state index in [1.165, 1.54) is 25.7 Å². The lowest BCUT2D eigenvalue weighted by atomic mass is 10.1. The molecule has 2 rings (SSSR count). The van der Waals surface area contributed by atoms with E-state index in [0.717, 1.165) is 5.56 Å². The van der Waals surface area contributed by atoms with Crippen LogP contribution in [0.25, 0.3) is 0 Å². The quantitative estimate of drug-likeness (QED) is 0.819. The molecule has 3 nitrogen and oxygen atoms in total. The van der Waals surface area contributed by atoms with Gasteiger partial charge in [0, 0.05) is 12.6 Å². The Morgan fingerprint density at radius 3 is 2.89 bits per heavy atom. The summed E-state index contributed by atoms with van der Waals surface area (Å²) in [6, 6.07) is 10.2. The predicted octanol–water partition coefficient (Wildman–Crippen LogP) is 2.46. The molecule has 94 valence electrons. The Bertz CT molecular complexity index is 458. The third-order valence-electron chi connectivity index (χ3n) is 3.20. The number of nitriles is 1. The van der Waals surface area contributed by atoms with Crippen LogP contribution in [0.2, 0.25) is 0 Å². The van der Waals surface area contributed by atoms with Crippen LogP contribution in [0.3, 0.4) is 0 Å². The van der Waals surface area contributed by atoms with Crippen LogP contribution in [0.1, 0.15) is 36.8 Å². The molecule has 0 spiro atoms. The fourth-order valence-electron chi connectivity index (χ4n) is 2.24. The maximum Gasteiger partial charge on any atom is 0.166 e. The van der Waals surface area contributed by atoms with Gasteiger partial charge < -0.3 is 10.6 Å². The molecule has 4 heteroatoms. The third kappa shape index (κ3) is 3.71. The molecule has 0 aliphatic heterocycles. The van der Waals surface area contributed by atoms with Crippen molar-refractivity contribution in [3.8, 4) is 6.07 Å². The summed E-state index contributed by atoms with van der Waals surface area (Å²) in [6.45, 7) is 0.661. The maximum atomic E-state index is 8.82. The minimum Gasteiger partial charge on any atom is -0.360 e. The second-order valence-electron chi connectivity index (χ2n) is 4.62. The first-order chi connectivity index (χ1) is 8.78. The summed E-state index contributed by atoms with van der Waals surface area (Å²) in [5.41, 5.74) is 1.76. The van der Waals surface area contributed by atoms with Gasteiger partial charge in [-0.1, -0.05) is 25.0 Å². The van der Waals surface area contributed by atoms with Crippen molar-refractivity contribution in [2.75, 3.05) is 0 Å². The molecule has 1 aliphatic rings. The van der Waals surface area contributed by atoms with Crippen LogP contribution in [0, 0.1) is 11.3 Å². The van der Waals surface area contributed by atoms with Crippen molar-refractivity contribution < 1.29 is 0 Å². The average Bonchev–Trinajstić information content (AvgIpc) is 2.89. The molecule has 0 radical (unpaired) electrons. The first-order valence-electron chi connectivity index (χ1n) is 6.31. The van der Waals surface area contributed by atoms with Gasteiger partial charge in [0.1, 0.15) is 0 Å². The number of nitrogens with zero attached hydrogens (tertiary/aromatic N) is 1. The van der Waals surface area contributed by atoms with Gasteiger partial charge in [-0.15, -0.1) is 0 Å². The van der Waals surface area contributed by atoms with Crippen molar-refractivity contribution in [1.29, 1.82) is 5.26 Å². The van der Waals surface area contributed by atoms with Crippen LogP contribution in [-0.4, -0.2) is 11.2 Å². The number of hydrogen-bond acceptors (Lipinski definition) is 2. The summed E-state index contributed by atoms with van der Waals surface area (Å²) < 4.78 is 0. The number of benzene rings is 1. The fourth-order valence-corrected chi connectivity index (χ4v) is 2.48. The molecule has 2 N–H and O–H groups in total. The third-order valence-corrected chi connectivity index (χ3v) is 3.46. The van der Waals surface area contributed by atoms with Gasteiger partial charge in [0.2, 0.25) is 0 Å². The lowest BCUT2D eigenvalue weighted by Gasteiger charge is -2.15. The van der Waals surface area contributed by atoms with Crippen molar-refractivity contribution in [3.63, 3.8) is 0 Å². The molecule has 1 aromatic carbocycles. The van der Waals surface area contributed by atoms with Gasteiger partial charge in [-0.25, -0.2) is 0 Å². The van der Waals surface area contributed by atoms with E-state index in [1.807, 2.05) is 18.2 Å². The van der Waals surface area contributed by atoms with Gasteiger partial charge >= 0.3 is 0 Å². The van der Waals surface area contributed by atoms with E-state index in [4.69, 9.17) is 17.5 Å². The zero-order chi connectivity index (χ0) is 12.8. The Morgan fingerprint density at radius 1 is 1.39 bits per heavy atom. The summed E-state index contributed by atoms with van der Waals surface area (Å²) in [5, 5.41) is 16.1. The number of nitrogens with one attached hydrogen (secondary N) is 2. The van der Waals surface area contributed by atoms with E-state index in [2.05, 4.69) is 16.7 Å². The predicted molar refractivity (Wildman–Crippen MR) is 76.0 cm³/mol. The van der Waals surface area contributed by atoms with E-state index in [-0.39, 0.29) is 0 Å². The van der Waals surface area contributed by atoms with Crippen LogP contribution >= 0.6 is 12.2 Å². The molecule has 0 heterocycles. The molecule has 0 bridgehead atoms. The van der Waals surface area contributed by atoms with Crippen molar-refractivity contribution in [1.82, 2.24) is 10.6 Å². The lowest BCUT2D eigenvalue weighted by Crippen LogP contribution is -2.40. The van der Waals surface area contributed by atoms with E-state index < -0.39 is 0 Å². The molecule has 1 fully saturated rings. The van der Waals surface area contributed by atoms with Crippen LogP contribution < -0.4 is 10.6 Å². The van der Waals surface area contributed by atoms with E-state index in [9.17, 15) is 0 Å². The molecule has 1 aliphatic carbocycles. The van der Waals surface area contributed by atoms with Gasteiger partial charge in [0.15, 0.2) is 5.11 Å². The second-order valence-corrected chi connectivity index (χ2v) is 5.03. The topological polar surface area (TPSA) is 47.9 Å². The smallest absolute Gasteiger partial charge is 0.166 e. The molecule has 18 heavy (non-hydrogen) atoms. The zero-order valence-corrected chi connectivity index (χ0v) is 11.1. The van der Waals surface area contributed by atoms with Crippen molar-refractivity contribution in [2.45, 2.75) is 38.3 Å². The molecule has 0 unspecified atom stereocenters. The summed E-state index contributed by atoms with van der Waals surface area (Å²) in [4.78, 5) is 0. The molecule has 0 saturated heterocycles. The van der Waals surface area contributed by atoms with Crippen molar-refractivity contribution in [3.05, 3.63) is 35.4 Å². The molecule has 1 aromatic rings. The second kappa shape index (κ2) is 6.36. The maximum absolute atomic E-state index is 8.82. The Hall–Kier alpha value is -1.60. The first-order valence-corrected chi connectivity index (χ1v) is 6.72. The number of rotatable bonds is 3. The highest BCUT2D eigenvalue weighted by Crippen LogP contribution is 2.17. The highest BCUT2D eigenvalue weighted by molar-refractivity contribution is 7.80. The van der Waals surface area contributed by atoms with Crippen LogP contribution in [-0.2, 0) is 6.54 Å². The van der Waals surface area contributed by atoms with Gasteiger partial charge in [-0.2, -0.15) is 5.26 Å². The molecule has 0 atom stereocenters. The first kappa shape index (κ1) is 12.8. The SMILES string of the molecule is N#Cc1cccc(CNC(=S)NC2CCCC2)c1. The van der Waals surface area contributed by atoms with Gasteiger partial charge in [0.05, 0.1) is 11.6 Å². The Balaban J connectivity index is 1.79. The van der Waals surface area contributed by atoms with Crippen molar-refractivity contribution in [2.24, 2.45) is 0 Å². The van der Waals surface area contributed by atoms with E-state index in [1.54, 1.807) is 6.07 Å². The Kier molecular flexibility index (Phi) is 4.54. The molecule has 0 amide bonds. The number of thiocarbonyl (C=S) groups is 1. The highest BCUT2D eigenvalue weighted by atomic mass is 32.1. The summed E-state index contributed by atoms with van der Waals surface area (Å²) in [7, 11) is 0. The average molecular weight is 259 g/mol. The minimum atomic E-state index is 0.537. The zero-order valence-electron chi connectivity index (χ0n) is 10.3. The fraction of sp³-hybridized carbons (Fsp3) is 0.429. The molecular weight excluding hydrogens is 242 g/mol. The standard InChI is InChI=1S/C14H17N3S/c15-9-11-4-3-5-12(8-11)10-16-14(18)17-13-6-1-2-7-13/h3-5,8,13H,1-2,6-7,10H2,(H2,16,17,18). The lowest BCUT2D eigenvalue weighted by molar-refractivity contribution is 0.621. The van der Waals surface area contributed by atoms with Crippen molar-refractivity contribution >= 4 is 17.3 Å². The summed E-state index contributed by atoms with van der Waals surface area (Å²) in [5.74, 6) is 0. The van der Waals surface area contributed by atoms with Gasteiger partial charge in [0.25, 0.3) is 0 Å². The highest BCUT2D eigenvalue weighted by Gasteiger charge is 2.15. The van der Waals surface area contributed by atoms with Crippen LogP contribution in [0.4, 0.5) is 0 Å². The van der Waals surface area contributed by atoms with Crippen LogP contribution in [0.5, 0.6) is 0 Å². The largest absolute Gasteiger partial charge is 0.360 e. The number of hydrogen-bond donors (Lipinski definition) is 2. The van der Waals surface area contributed by atoms with Crippen LogP contribution in [0.15, 0.2) is 24.3 Å². The van der Waals surface area contributed by atoms with Gasteiger partial charge in [-0.3, -0.25) is 0 Å².